The SMILES string of the molecule is C[C@]12CC[C@H](S(=O)(=O)O)CC1=CC[C@@H]1[C@@H]2CC[C@]2(C)C(=O)CC[C@@H]12. The molecule has 4 nitrogen and oxygen atoms in total. The monoisotopic (exact) mass is 352 g/mol. The van der Waals surface area contributed by atoms with Crippen molar-refractivity contribution >= 4 is 15.9 Å². The van der Waals surface area contributed by atoms with Crippen LogP contribution in [-0.2, 0) is 14.9 Å². The third-order valence-electron chi connectivity index (χ3n) is 8.19. The number of carbonyl (C=O) groups is 1. The van der Waals surface area contributed by atoms with Crippen molar-refractivity contribution in [1.82, 2.24) is 0 Å². The van der Waals surface area contributed by atoms with Crippen molar-refractivity contribution in [3.63, 3.8) is 0 Å². The Kier molecular flexibility index (Phi) is 3.61. The molecule has 1 N–H and O–H groups in total. The number of allylic oxidation sites excluding steroid dienone is 2. The molecule has 4 aliphatic rings. The van der Waals surface area contributed by atoms with Crippen molar-refractivity contribution in [3.05, 3.63) is 11.6 Å². The van der Waals surface area contributed by atoms with Crippen LogP contribution in [0.4, 0.5) is 0 Å². The van der Waals surface area contributed by atoms with E-state index in [4.69, 9.17) is 0 Å². The van der Waals surface area contributed by atoms with Crippen molar-refractivity contribution in [2.24, 2.45) is 28.6 Å². The van der Waals surface area contributed by atoms with E-state index >= 15 is 0 Å². The largest absolute Gasteiger partial charge is 0.299 e. The fourth-order valence-electron chi connectivity index (χ4n) is 6.65. The minimum atomic E-state index is -3.95. The van der Waals surface area contributed by atoms with Gasteiger partial charge in [0.25, 0.3) is 10.1 Å². The number of hydrogen-bond acceptors (Lipinski definition) is 3. The predicted molar refractivity (Wildman–Crippen MR) is 92.0 cm³/mol. The summed E-state index contributed by atoms with van der Waals surface area (Å²) in [6, 6.07) is 0. The van der Waals surface area contributed by atoms with Gasteiger partial charge in [0.15, 0.2) is 0 Å². The van der Waals surface area contributed by atoms with Crippen LogP contribution >= 0.6 is 0 Å². The Morgan fingerprint density at radius 3 is 2.46 bits per heavy atom. The summed E-state index contributed by atoms with van der Waals surface area (Å²) in [5.74, 6) is 2.08. The number of Topliss-reactive ketones (excluding diaryl/α,β-unsaturated/α-hetero) is 1. The Morgan fingerprint density at radius 1 is 1.08 bits per heavy atom. The minimum Gasteiger partial charge on any atom is -0.299 e. The lowest BCUT2D eigenvalue weighted by Gasteiger charge is -2.56. The highest BCUT2D eigenvalue weighted by Gasteiger charge is 2.58. The van der Waals surface area contributed by atoms with Gasteiger partial charge in [0, 0.05) is 11.8 Å². The van der Waals surface area contributed by atoms with Gasteiger partial charge in [-0.2, -0.15) is 8.42 Å². The molecule has 6 atom stereocenters. The lowest BCUT2D eigenvalue weighted by molar-refractivity contribution is -0.131. The van der Waals surface area contributed by atoms with Gasteiger partial charge in [-0.25, -0.2) is 0 Å². The second-order valence-corrected chi connectivity index (χ2v) is 10.8. The van der Waals surface area contributed by atoms with Crippen molar-refractivity contribution in [1.29, 1.82) is 0 Å². The summed E-state index contributed by atoms with van der Waals surface area (Å²) >= 11 is 0. The first kappa shape index (κ1) is 16.8. The van der Waals surface area contributed by atoms with Gasteiger partial charge in [0.2, 0.25) is 0 Å². The molecule has 0 aromatic carbocycles. The molecule has 0 aromatic heterocycles. The van der Waals surface area contributed by atoms with Crippen LogP contribution in [0.1, 0.15) is 65.2 Å². The van der Waals surface area contributed by atoms with Crippen molar-refractivity contribution in [2.45, 2.75) is 70.5 Å². The highest BCUT2D eigenvalue weighted by molar-refractivity contribution is 7.86. The molecule has 0 saturated heterocycles. The molecule has 3 saturated carbocycles. The second kappa shape index (κ2) is 5.16. The Hall–Kier alpha value is -0.680. The molecule has 3 fully saturated rings. The molecule has 0 heterocycles. The third kappa shape index (κ3) is 2.20. The lowest BCUT2D eigenvalue weighted by Crippen LogP contribution is -2.50. The molecular formula is C19H28O4S. The highest BCUT2D eigenvalue weighted by atomic mass is 32.2. The van der Waals surface area contributed by atoms with Crippen molar-refractivity contribution in [2.75, 3.05) is 0 Å². The standard InChI is InChI=1S/C19H28O4S/c1-18-9-7-13(24(21,22)23)11-12(18)3-4-14-15-5-6-17(20)19(15,2)10-8-16(14)18/h3,13-16H,4-11H2,1-2H3,(H,21,22,23)/t13-,14-,15-,16-,18-,19-/m0/s1. The van der Waals surface area contributed by atoms with Crippen LogP contribution in [0, 0.1) is 28.6 Å². The Labute approximate surface area is 144 Å². The molecule has 0 aliphatic heterocycles. The molecule has 0 unspecified atom stereocenters. The van der Waals surface area contributed by atoms with Gasteiger partial charge in [0.05, 0.1) is 5.25 Å². The molecule has 4 aliphatic carbocycles. The molecule has 0 spiro atoms. The maximum absolute atomic E-state index is 12.4. The first-order valence-electron chi connectivity index (χ1n) is 9.35. The van der Waals surface area contributed by atoms with E-state index in [2.05, 4.69) is 19.9 Å². The Morgan fingerprint density at radius 2 is 1.75 bits per heavy atom. The van der Waals surface area contributed by atoms with E-state index < -0.39 is 15.4 Å². The van der Waals surface area contributed by atoms with E-state index in [1.165, 1.54) is 5.57 Å². The molecule has 0 radical (unpaired) electrons. The molecule has 134 valence electrons. The van der Waals surface area contributed by atoms with Gasteiger partial charge in [0.1, 0.15) is 5.78 Å². The molecule has 0 aromatic rings. The maximum Gasteiger partial charge on any atom is 0.268 e. The Balaban J connectivity index is 1.66. The summed E-state index contributed by atoms with van der Waals surface area (Å²) in [5.41, 5.74) is 1.18. The van der Waals surface area contributed by atoms with Crippen LogP contribution in [-0.4, -0.2) is 24.0 Å². The molecule has 0 amide bonds. The number of carbonyl (C=O) groups excluding carboxylic acids is 1. The van der Waals surface area contributed by atoms with Crippen molar-refractivity contribution in [3.8, 4) is 0 Å². The van der Waals surface area contributed by atoms with Crippen LogP contribution in [0.15, 0.2) is 11.6 Å². The topological polar surface area (TPSA) is 71.4 Å². The average Bonchev–Trinajstić information content (AvgIpc) is 2.81. The smallest absolute Gasteiger partial charge is 0.268 e. The third-order valence-corrected chi connectivity index (χ3v) is 9.43. The first-order valence-corrected chi connectivity index (χ1v) is 10.9. The Bertz CT molecular complexity index is 709. The minimum absolute atomic E-state index is 0.0527. The average molecular weight is 352 g/mol. The zero-order valence-corrected chi connectivity index (χ0v) is 15.4. The molecular weight excluding hydrogens is 324 g/mol. The number of rotatable bonds is 1. The normalized spacial score (nSPS) is 48.3. The summed E-state index contributed by atoms with van der Waals surface area (Å²) < 4.78 is 32.6. The maximum atomic E-state index is 12.4. The molecule has 4 rings (SSSR count). The highest BCUT2D eigenvalue weighted by Crippen LogP contribution is 2.64. The van der Waals surface area contributed by atoms with Gasteiger partial charge in [-0.3, -0.25) is 9.35 Å². The van der Waals surface area contributed by atoms with Crippen LogP contribution in [0.5, 0.6) is 0 Å². The van der Waals surface area contributed by atoms with E-state index in [9.17, 15) is 17.8 Å². The van der Waals surface area contributed by atoms with E-state index in [1.54, 1.807) is 0 Å². The number of hydrogen-bond donors (Lipinski definition) is 1. The number of fused-ring (bicyclic) bond motifs is 5. The zero-order chi connectivity index (χ0) is 17.3. The van der Waals surface area contributed by atoms with Crippen LogP contribution in [0.25, 0.3) is 0 Å². The fourth-order valence-corrected chi connectivity index (χ4v) is 7.46. The van der Waals surface area contributed by atoms with Gasteiger partial charge >= 0.3 is 0 Å². The second-order valence-electron chi connectivity index (χ2n) is 9.06. The predicted octanol–water partition coefficient (Wildman–Crippen LogP) is 3.77. The summed E-state index contributed by atoms with van der Waals surface area (Å²) in [6.07, 6.45) is 8.94. The lowest BCUT2D eigenvalue weighted by atomic mass is 9.48. The zero-order valence-electron chi connectivity index (χ0n) is 14.6. The van der Waals surface area contributed by atoms with E-state index in [1.807, 2.05) is 0 Å². The summed E-state index contributed by atoms with van der Waals surface area (Å²) in [7, 11) is -3.95. The molecule has 24 heavy (non-hydrogen) atoms. The van der Waals surface area contributed by atoms with Crippen LogP contribution in [0.2, 0.25) is 0 Å². The van der Waals surface area contributed by atoms with Gasteiger partial charge in [-0.05, 0) is 68.1 Å². The first-order chi connectivity index (χ1) is 11.2. The quantitative estimate of drug-likeness (QED) is 0.576. The molecule has 5 heteroatoms. The van der Waals surface area contributed by atoms with Gasteiger partial charge in [-0.15, -0.1) is 0 Å². The van der Waals surface area contributed by atoms with E-state index in [0.29, 0.717) is 36.4 Å². The van der Waals surface area contributed by atoms with Gasteiger partial charge in [-0.1, -0.05) is 25.5 Å². The fraction of sp³-hybridized carbons (Fsp3) is 0.842. The van der Waals surface area contributed by atoms with Crippen LogP contribution < -0.4 is 0 Å². The van der Waals surface area contributed by atoms with E-state index in [-0.39, 0.29) is 10.8 Å². The summed E-state index contributed by atoms with van der Waals surface area (Å²) in [4.78, 5) is 12.4. The van der Waals surface area contributed by atoms with Gasteiger partial charge < -0.3 is 0 Å². The summed E-state index contributed by atoms with van der Waals surface area (Å²) in [5, 5.41) is -0.629. The number of ketones is 1. The van der Waals surface area contributed by atoms with E-state index in [0.717, 1.165) is 38.5 Å². The van der Waals surface area contributed by atoms with Crippen LogP contribution in [0.3, 0.4) is 0 Å². The molecule has 0 bridgehead atoms. The van der Waals surface area contributed by atoms with Crippen molar-refractivity contribution < 1.29 is 17.8 Å². The summed E-state index contributed by atoms with van der Waals surface area (Å²) in [6.45, 7) is 4.48.